The largest absolute Gasteiger partial charge is 0.398 e. The summed E-state index contributed by atoms with van der Waals surface area (Å²) >= 11 is 3.47. The number of benzene rings is 1. The number of nitrogens with two attached hydrogens (primary N) is 1. The van der Waals surface area contributed by atoms with Crippen molar-refractivity contribution in [1.29, 1.82) is 0 Å². The maximum Gasteiger partial charge on any atom is 0.150 e. The summed E-state index contributed by atoms with van der Waals surface area (Å²) in [5.74, 6) is 0.548. The number of halogens is 1. The van der Waals surface area contributed by atoms with Gasteiger partial charge in [0.1, 0.15) is 9.84 Å². The molecule has 4 nitrogen and oxygen atoms in total. The van der Waals surface area contributed by atoms with Gasteiger partial charge in [-0.3, -0.25) is 0 Å². The van der Waals surface area contributed by atoms with Crippen LogP contribution in [0.25, 0.3) is 0 Å². The summed E-state index contributed by atoms with van der Waals surface area (Å²) in [6.07, 6.45) is 1.33. The summed E-state index contributed by atoms with van der Waals surface area (Å²) in [6.45, 7) is 1.96. The Morgan fingerprint density at radius 2 is 1.94 bits per heavy atom. The number of hydrogen-bond acceptors (Lipinski definition) is 4. The van der Waals surface area contributed by atoms with E-state index in [0.29, 0.717) is 12.8 Å². The number of nitrogen functional groups attached to an aromatic ring is 1. The third kappa shape index (κ3) is 3.17. The van der Waals surface area contributed by atoms with Gasteiger partial charge in [0, 0.05) is 21.9 Å². The van der Waals surface area contributed by atoms with Crippen molar-refractivity contribution in [3.8, 4) is 0 Å². The normalized spacial score (nSPS) is 19.7. The van der Waals surface area contributed by atoms with Gasteiger partial charge in [0.25, 0.3) is 0 Å². The molecule has 1 fully saturated rings. The first-order valence-electron chi connectivity index (χ1n) is 5.90. The van der Waals surface area contributed by atoms with Gasteiger partial charge in [-0.05, 0) is 53.4 Å². The number of aryl methyl sites for hydroxylation is 1. The van der Waals surface area contributed by atoms with Gasteiger partial charge in [0.2, 0.25) is 0 Å². The lowest BCUT2D eigenvalue weighted by molar-refractivity contribution is 0.559. The molecule has 1 aliphatic heterocycles. The van der Waals surface area contributed by atoms with Crippen molar-refractivity contribution in [2.24, 2.45) is 0 Å². The highest BCUT2D eigenvalue weighted by Gasteiger charge is 2.23. The zero-order valence-corrected chi connectivity index (χ0v) is 12.6. The first-order chi connectivity index (χ1) is 8.37. The van der Waals surface area contributed by atoms with Gasteiger partial charge in [-0.1, -0.05) is 0 Å². The second kappa shape index (κ2) is 5.09. The maximum absolute atomic E-state index is 11.4. The van der Waals surface area contributed by atoms with Gasteiger partial charge in [0.15, 0.2) is 0 Å². The predicted octanol–water partition coefficient (Wildman–Crippen LogP) is 2.33. The van der Waals surface area contributed by atoms with E-state index < -0.39 is 9.84 Å². The van der Waals surface area contributed by atoms with E-state index in [1.54, 1.807) is 0 Å². The topological polar surface area (TPSA) is 72.2 Å². The van der Waals surface area contributed by atoms with Crippen LogP contribution >= 0.6 is 15.9 Å². The van der Waals surface area contributed by atoms with Gasteiger partial charge in [0.05, 0.1) is 11.5 Å². The third-order valence-electron chi connectivity index (χ3n) is 3.27. The summed E-state index contributed by atoms with van der Waals surface area (Å²) in [5.41, 5.74) is 8.57. The van der Waals surface area contributed by atoms with E-state index in [0.717, 1.165) is 21.4 Å². The fourth-order valence-electron chi connectivity index (χ4n) is 2.06. The van der Waals surface area contributed by atoms with Crippen molar-refractivity contribution < 1.29 is 8.42 Å². The zero-order chi connectivity index (χ0) is 13.3. The average molecular weight is 333 g/mol. The van der Waals surface area contributed by atoms with Crippen LogP contribution in [0.3, 0.4) is 0 Å². The molecule has 1 aromatic rings. The molecule has 0 bridgehead atoms. The summed E-state index contributed by atoms with van der Waals surface area (Å²) in [7, 11) is -2.80. The molecule has 0 atom stereocenters. The fraction of sp³-hybridized carbons (Fsp3) is 0.500. The quantitative estimate of drug-likeness (QED) is 0.815. The molecule has 6 heteroatoms. The Hall–Kier alpha value is -0.750. The van der Waals surface area contributed by atoms with E-state index in [1.165, 1.54) is 0 Å². The van der Waals surface area contributed by atoms with Crippen LogP contribution in [0.2, 0.25) is 0 Å². The Morgan fingerprint density at radius 1 is 1.33 bits per heavy atom. The highest BCUT2D eigenvalue weighted by Crippen LogP contribution is 2.29. The van der Waals surface area contributed by atoms with Crippen molar-refractivity contribution in [3.63, 3.8) is 0 Å². The molecule has 3 N–H and O–H groups in total. The van der Waals surface area contributed by atoms with Gasteiger partial charge in [-0.15, -0.1) is 0 Å². The standard InChI is InChI=1S/C12H17BrN2O2S/c1-8-6-12(10(13)7-11(8)14)15-9-2-4-18(16,17)5-3-9/h6-7,9,15H,2-5,14H2,1H3. The predicted molar refractivity (Wildman–Crippen MR) is 78.6 cm³/mol. The molecule has 1 aromatic carbocycles. The second-order valence-electron chi connectivity index (χ2n) is 4.76. The molecule has 18 heavy (non-hydrogen) atoms. The maximum atomic E-state index is 11.4. The molecular formula is C12H17BrN2O2S. The molecular weight excluding hydrogens is 316 g/mol. The third-order valence-corrected chi connectivity index (χ3v) is 5.64. The van der Waals surface area contributed by atoms with Crippen molar-refractivity contribution in [3.05, 3.63) is 22.2 Å². The number of rotatable bonds is 2. The Balaban J connectivity index is 2.09. The van der Waals surface area contributed by atoms with Crippen LogP contribution in [-0.2, 0) is 9.84 Å². The lowest BCUT2D eigenvalue weighted by Gasteiger charge is -2.25. The van der Waals surface area contributed by atoms with Crippen LogP contribution in [0, 0.1) is 6.92 Å². The van der Waals surface area contributed by atoms with Crippen LogP contribution in [0.1, 0.15) is 18.4 Å². The monoisotopic (exact) mass is 332 g/mol. The number of hydrogen-bond donors (Lipinski definition) is 2. The number of nitrogens with one attached hydrogen (secondary N) is 1. The molecule has 0 aliphatic carbocycles. The Morgan fingerprint density at radius 3 is 2.56 bits per heavy atom. The smallest absolute Gasteiger partial charge is 0.150 e. The summed E-state index contributed by atoms with van der Waals surface area (Å²) < 4.78 is 23.6. The van der Waals surface area contributed by atoms with Crippen molar-refractivity contribution in [1.82, 2.24) is 0 Å². The summed E-state index contributed by atoms with van der Waals surface area (Å²) in [4.78, 5) is 0. The molecule has 1 aliphatic rings. The van der Waals surface area contributed by atoms with Gasteiger partial charge in [-0.25, -0.2) is 8.42 Å². The Kier molecular flexibility index (Phi) is 3.87. The molecule has 1 saturated heterocycles. The van der Waals surface area contributed by atoms with E-state index in [1.807, 2.05) is 19.1 Å². The molecule has 0 amide bonds. The molecule has 0 saturated carbocycles. The minimum absolute atomic E-state index is 0.216. The van der Waals surface area contributed by atoms with Gasteiger partial charge in [-0.2, -0.15) is 0 Å². The van der Waals surface area contributed by atoms with E-state index in [2.05, 4.69) is 21.2 Å². The highest BCUT2D eigenvalue weighted by molar-refractivity contribution is 9.10. The van der Waals surface area contributed by atoms with E-state index >= 15 is 0 Å². The van der Waals surface area contributed by atoms with Crippen LogP contribution in [-0.4, -0.2) is 26.0 Å². The molecule has 0 aromatic heterocycles. The van der Waals surface area contributed by atoms with Crippen molar-refractivity contribution >= 4 is 37.1 Å². The van der Waals surface area contributed by atoms with Gasteiger partial charge >= 0.3 is 0 Å². The van der Waals surface area contributed by atoms with E-state index in [4.69, 9.17) is 5.73 Å². The molecule has 0 unspecified atom stereocenters. The number of anilines is 2. The van der Waals surface area contributed by atoms with E-state index in [-0.39, 0.29) is 17.5 Å². The highest BCUT2D eigenvalue weighted by atomic mass is 79.9. The number of sulfone groups is 1. The average Bonchev–Trinajstić information content (AvgIpc) is 2.28. The minimum Gasteiger partial charge on any atom is -0.398 e. The van der Waals surface area contributed by atoms with Crippen LogP contribution in [0.15, 0.2) is 16.6 Å². The van der Waals surface area contributed by atoms with E-state index in [9.17, 15) is 8.42 Å². The van der Waals surface area contributed by atoms with Crippen LogP contribution in [0.4, 0.5) is 11.4 Å². The summed E-state index contributed by atoms with van der Waals surface area (Å²) in [6, 6.07) is 4.08. The first kappa shape index (κ1) is 13.7. The zero-order valence-electron chi connectivity index (χ0n) is 10.2. The van der Waals surface area contributed by atoms with Gasteiger partial charge < -0.3 is 11.1 Å². The second-order valence-corrected chi connectivity index (χ2v) is 7.92. The first-order valence-corrected chi connectivity index (χ1v) is 8.51. The van der Waals surface area contributed by atoms with Crippen molar-refractivity contribution in [2.75, 3.05) is 22.6 Å². The minimum atomic E-state index is -2.80. The molecule has 2 rings (SSSR count). The molecule has 1 heterocycles. The molecule has 0 radical (unpaired) electrons. The lowest BCUT2D eigenvalue weighted by atomic mass is 10.1. The SMILES string of the molecule is Cc1cc(NC2CCS(=O)(=O)CC2)c(Br)cc1N. The Labute approximate surface area is 116 Å². The van der Waals surface area contributed by atoms with Crippen molar-refractivity contribution in [2.45, 2.75) is 25.8 Å². The molecule has 100 valence electrons. The fourth-order valence-corrected chi connectivity index (χ4v) is 4.03. The molecule has 0 spiro atoms. The Bertz CT molecular complexity index is 543. The summed E-state index contributed by atoms with van der Waals surface area (Å²) in [5, 5.41) is 3.39. The lowest BCUT2D eigenvalue weighted by Crippen LogP contribution is -2.32. The van der Waals surface area contributed by atoms with Crippen LogP contribution in [0.5, 0.6) is 0 Å². The van der Waals surface area contributed by atoms with Crippen LogP contribution < -0.4 is 11.1 Å².